The maximum absolute atomic E-state index is 12.9. The third-order valence-corrected chi connectivity index (χ3v) is 2.80. The first-order chi connectivity index (χ1) is 9.77. The van der Waals surface area contributed by atoms with Gasteiger partial charge in [-0.25, -0.2) is 4.98 Å². The molecule has 0 saturated carbocycles. The van der Waals surface area contributed by atoms with E-state index in [1.54, 1.807) is 6.92 Å². The van der Waals surface area contributed by atoms with Crippen molar-refractivity contribution in [2.75, 3.05) is 5.32 Å². The number of anilines is 1. The summed E-state index contributed by atoms with van der Waals surface area (Å²) >= 11 is 0. The fourth-order valence-corrected chi connectivity index (χ4v) is 1.67. The van der Waals surface area contributed by atoms with Gasteiger partial charge in [-0.2, -0.15) is 17.6 Å². The minimum atomic E-state index is -4.50. The molecule has 0 aliphatic carbocycles. The van der Waals surface area contributed by atoms with E-state index in [0.29, 0.717) is 5.56 Å². The van der Waals surface area contributed by atoms with Crippen molar-refractivity contribution < 1.29 is 22.4 Å². The number of aromatic nitrogens is 1. The van der Waals surface area contributed by atoms with E-state index in [1.807, 2.05) is 0 Å². The molecule has 2 rings (SSSR count). The van der Waals surface area contributed by atoms with Crippen molar-refractivity contribution in [3.8, 4) is 0 Å². The Morgan fingerprint density at radius 1 is 1.19 bits per heavy atom. The molecule has 1 heterocycles. The molecule has 0 bridgehead atoms. The third kappa shape index (κ3) is 3.56. The molecule has 110 valence electrons. The SMILES string of the molecule is Cc1ccc(C(F)(F)F)cc1NC(=O)c1ccnc(F)c1. The van der Waals surface area contributed by atoms with Gasteiger partial charge in [-0.1, -0.05) is 6.07 Å². The summed E-state index contributed by atoms with van der Waals surface area (Å²) < 4.78 is 50.9. The molecule has 1 amide bonds. The van der Waals surface area contributed by atoms with Gasteiger partial charge >= 0.3 is 6.18 Å². The summed E-state index contributed by atoms with van der Waals surface area (Å²) in [7, 11) is 0. The Balaban J connectivity index is 2.29. The van der Waals surface area contributed by atoms with Crippen LogP contribution in [0.2, 0.25) is 0 Å². The number of carbonyl (C=O) groups is 1. The highest BCUT2D eigenvalue weighted by Crippen LogP contribution is 2.32. The summed E-state index contributed by atoms with van der Waals surface area (Å²) in [5, 5.41) is 2.33. The monoisotopic (exact) mass is 298 g/mol. The number of nitrogens with one attached hydrogen (secondary N) is 1. The van der Waals surface area contributed by atoms with Crippen LogP contribution in [-0.2, 0) is 6.18 Å². The molecule has 0 fully saturated rings. The van der Waals surface area contributed by atoms with Gasteiger partial charge in [0.2, 0.25) is 5.95 Å². The van der Waals surface area contributed by atoms with Gasteiger partial charge in [0.25, 0.3) is 5.91 Å². The number of rotatable bonds is 2. The Hall–Kier alpha value is -2.44. The average molecular weight is 298 g/mol. The lowest BCUT2D eigenvalue weighted by molar-refractivity contribution is -0.137. The van der Waals surface area contributed by atoms with Crippen LogP contribution in [-0.4, -0.2) is 10.9 Å². The van der Waals surface area contributed by atoms with Crippen molar-refractivity contribution in [3.05, 3.63) is 59.2 Å². The van der Waals surface area contributed by atoms with Crippen molar-refractivity contribution in [1.29, 1.82) is 0 Å². The molecule has 2 aromatic rings. The normalized spacial score (nSPS) is 11.3. The van der Waals surface area contributed by atoms with Crippen LogP contribution in [0.15, 0.2) is 36.5 Å². The van der Waals surface area contributed by atoms with E-state index in [4.69, 9.17) is 0 Å². The first kappa shape index (κ1) is 15.0. The molecule has 0 atom stereocenters. The lowest BCUT2D eigenvalue weighted by Crippen LogP contribution is -2.14. The molecule has 7 heteroatoms. The molecular formula is C14H10F4N2O. The van der Waals surface area contributed by atoms with Gasteiger partial charge < -0.3 is 5.32 Å². The van der Waals surface area contributed by atoms with Crippen LogP contribution in [0.25, 0.3) is 0 Å². The zero-order chi connectivity index (χ0) is 15.6. The number of hydrogen-bond acceptors (Lipinski definition) is 2. The van der Waals surface area contributed by atoms with Crippen molar-refractivity contribution in [2.24, 2.45) is 0 Å². The van der Waals surface area contributed by atoms with Crippen LogP contribution in [0.1, 0.15) is 21.5 Å². The zero-order valence-corrected chi connectivity index (χ0v) is 10.8. The van der Waals surface area contributed by atoms with Crippen molar-refractivity contribution in [2.45, 2.75) is 13.1 Å². The van der Waals surface area contributed by atoms with E-state index in [2.05, 4.69) is 10.3 Å². The molecule has 0 aliphatic rings. The van der Waals surface area contributed by atoms with E-state index < -0.39 is 23.6 Å². The minimum Gasteiger partial charge on any atom is -0.322 e. The van der Waals surface area contributed by atoms with Crippen LogP contribution in [0, 0.1) is 12.9 Å². The van der Waals surface area contributed by atoms with Gasteiger partial charge in [-0.05, 0) is 30.7 Å². The Morgan fingerprint density at radius 2 is 1.90 bits per heavy atom. The lowest BCUT2D eigenvalue weighted by Gasteiger charge is -2.12. The fraction of sp³-hybridized carbons (Fsp3) is 0.143. The van der Waals surface area contributed by atoms with Crippen molar-refractivity contribution in [1.82, 2.24) is 4.98 Å². The van der Waals surface area contributed by atoms with Crippen LogP contribution in [0.3, 0.4) is 0 Å². The highest BCUT2D eigenvalue weighted by molar-refractivity contribution is 6.04. The van der Waals surface area contributed by atoms with Gasteiger partial charge in [0.1, 0.15) is 0 Å². The van der Waals surface area contributed by atoms with E-state index in [0.717, 1.165) is 24.4 Å². The largest absolute Gasteiger partial charge is 0.416 e. The first-order valence-electron chi connectivity index (χ1n) is 5.88. The average Bonchev–Trinajstić information content (AvgIpc) is 2.40. The predicted octanol–water partition coefficient (Wildman–Crippen LogP) is 3.80. The molecular weight excluding hydrogens is 288 g/mol. The number of nitrogens with zero attached hydrogens (tertiary/aromatic N) is 1. The molecule has 1 N–H and O–H groups in total. The summed E-state index contributed by atoms with van der Waals surface area (Å²) in [6.45, 7) is 1.56. The van der Waals surface area contributed by atoms with Gasteiger partial charge in [-0.15, -0.1) is 0 Å². The summed E-state index contributed by atoms with van der Waals surface area (Å²) in [5.41, 5.74) is -0.415. The standard InChI is InChI=1S/C14H10F4N2O/c1-8-2-3-10(14(16,17)18)7-11(8)20-13(21)9-4-5-19-12(15)6-9/h2-7H,1H3,(H,20,21). The number of alkyl halides is 3. The Kier molecular flexibility index (Phi) is 3.93. The number of benzene rings is 1. The number of amides is 1. The van der Waals surface area contributed by atoms with E-state index in [1.165, 1.54) is 12.1 Å². The van der Waals surface area contributed by atoms with Gasteiger partial charge in [0.15, 0.2) is 0 Å². The van der Waals surface area contributed by atoms with Gasteiger partial charge in [0.05, 0.1) is 5.56 Å². The summed E-state index contributed by atoms with van der Waals surface area (Å²) in [6.07, 6.45) is -3.40. The van der Waals surface area contributed by atoms with Crippen LogP contribution in [0.4, 0.5) is 23.2 Å². The fourth-order valence-electron chi connectivity index (χ4n) is 1.67. The topological polar surface area (TPSA) is 42.0 Å². The molecule has 0 saturated heterocycles. The highest BCUT2D eigenvalue weighted by Gasteiger charge is 2.30. The minimum absolute atomic E-state index is 0.0204. The lowest BCUT2D eigenvalue weighted by atomic mass is 10.1. The van der Waals surface area contributed by atoms with Crippen LogP contribution < -0.4 is 5.32 Å². The molecule has 0 aliphatic heterocycles. The van der Waals surface area contributed by atoms with Gasteiger partial charge in [0, 0.05) is 23.5 Å². The number of aryl methyl sites for hydroxylation is 1. The Labute approximate surface area is 117 Å². The highest BCUT2D eigenvalue weighted by atomic mass is 19.4. The molecule has 0 radical (unpaired) electrons. The summed E-state index contributed by atoms with van der Waals surface area (Å²) in [4.78, 5) is 15.2. The maximum atomic E-state index is 12.9. The van der Waals surface area contributed by atoms with E-state index >= 15 is 0 Å². The second-order valence-corrected chi connectivity index (χ2v) is 4.35. The Morgan fingerprint density at radius 3 is 2.52 bits per heavy atom. The zero-order valence-electron chi connectivity index (χ0n) is 10.8. The predicted molar refractivity (Wildman–Crippen MR) is 68.3 cm³/mol. The first-order valence-corrected chi connectivity index (χ1v) is 5.88. The number of carbonyl (C=O) groups excluding carboxylic acids is 1. The van der Waals surface area contributed by atoms with Crippen LogP contribution in [0.5, 0.6) is 0 Å². The Bertz CT molecular complexity index is 683. The number of pyridine rings is 1. The third-order valence-electron chi connectivity index (χ3n) is 2.80. The van der Waals surface area contributed by atoms with Crippen molar-refractivity contribution in [3.63, 3.8) is 0 Å². The summed E-state index contributed by atoms with van der Waals surface area (Å²) in [5.74, 6) is -1.55. The molecule has 1 aromatic carbocycles. The second-order valence-electron chi connectivity index (χ2n) is 4.35. The quantitative estimate of drug-likeness (QED) is 0.677. The molecule has 1 aromatic heterocycles. The number of halogens is 4. The molecule has 0 spiro atoms. The number of hydrogen-bond donors (Lipinski definition) is 1. The molecule has 3 nitrogen and oxygen atoms in total. The van der Waals surface area contributed by atoms with E-state index in [9.17, 15) is 22.4 Å². The summed E-state index contributed by atoms with van der Waals surface area (Å²) in [6, 6.07) is 5.19. The maximum Gasteiger partial charge on any atom is 0.416 e. The molecule has 21 heavy (non-hydrogen) atoms. The smallest absolute Gasteiger partial charge is 0.322 e. The van der Waals surface area contributed by atoms with E-state index in [-0.39, 0.29) is 11.3 Å². The van der Waals surface area contributed by atoms with Crippen molar-refractivity contribution >= 4 is 11.6 Å². The van der Waals surface area contributed by atoms with Gasteiger partial charge in [-0.3, -0.25) is 4.79 Å². The second kappa shape index (κ2) is 5.51. The van der Waals surface area contributed by atoms with Crippen LogP contribution >= 0.6 is 0 Å². The molecule has 0 unspecified atom stereocenters.